The van der Waals surface area contributed by atoms with E-state index in [1.165, 1.54) is 34.5 Å². The number of sulfonamides is 1. The van der Waals surface area contributed by atoms with Crippen LogP contribution >= 0.6 is 0 Å². The molecule has 3 rings (SSSR count). The summed E-state index contributed by atoms with van der Waals surface area (Å²) in [5, 5.41) is 2.74. The average Bonchev–Trinajstić information content (AvgIpc) is 3.33. The highest BCUT2D eigenvalue weighted by atomic mass is 32.2. The molecule has 2 aromatic carbocycles. The standard InChI is InChI=1S/C22H27N3O6S/c1-24(2)21(26)15-31-18-9-7-17(8-10-18)23-22(27)16-6-11-19(30-3)20(14-16)32(28,29)25-12-4-5-13-25/h6-11,14H,4-5,12-13,15H2,1-3H3,(H,23,27). The van der Waals surface area contributed by atoms with E-state index in [9.17, 15) is 18.0 Å². The summed E-state index contributed by atoms with van der Waals surface area (Å²) in [6.07, 6.45) is 1.62. The van der Waals surface area contributed by atoms with Crippen molar-refractivity contribution in [2.75, 3.05) is 46.2 Å². The van der Waals surface area contributed by atoms with Gasteiger partial charge in [0.05, 0.1) is 7.11 Å². The molecule has 0 spiro atoms. The first-order chi connectivity index (χ1) is 15.2. The molecule has 0 unspecified atom stereocenters. The molecule has 1 N–H and O–H groups in total. The Bertz CT molecular complexity index is 1080. The van der Waals surface area contributed by atoms with Crippen LogP contribution in [-0.2, 0) is 14.8 Å². The summed E-state index contributed by atoms with van der Waals surface area (Å²) in [6, 6.07) is 10.9. The van der Waals surface area contributed by atoms with Crippen molar-refractivity contribution in [3.63, 3.8) is 0 Å². The van der Waals surface area contributed by atoms with E-state index < -0.39 is 15.9 Å². The van der Waals surface area contributed by atoms with E-state index in [-0.39, 0.29) is 28.7 Å². The van der Waals surface area contributed by atoms with Crippen molar-refractivity contribution in [2.24, 2.45) is 0 Å². The maximum Gasteiger partial charge on any atom is 0.259 e. The number of methoxy groups -OCH3 is 1. The molecule has 2 amide bonds. The molecule has 1 fully saturated rings. The maximum absolute atomic E-state index is 13.0. The van der Waals surface area contributed by atoms with Gasteiger partial charge in [0.1, 0.15) is 16.4 Å². The molecular formula is C22H27N3O6S. The number of ether oxygens (including phenoxy) is 2. The molecule has 0 aliphatic carbocycles. The highest BCUT2D eigenvalue weighted by Crippen LogP contribution is 2.30. The van der Waals surface area contributed by atoms with E-state index in [0.29, 0.717) is 24.5 Å². The van der Waals surface area contributed by atoms with E-state index in [1.807, 2.05) is 0 Å². The second kappa shape index (κ2) is 10.0. The van der Waals surface area contributed by atoms with Crippen LogP contribution in [-0.4, -0.2) is 70.3 Å². The van der Waals surface area contributed by atoms with Crippen LogP contribution in [0.25, 0.3) is 0 Å². The number of anilines is 1. The van der Waals surface area contributed by atoms with Crippen LogP contribution in [0.2, 0.25) is 0 Å². The second-order valence-electron chi connectivity index (χ2n) is 7.53. The third-order valence-corrected chi connectivity index (χ3v) is 7.00. The summed E-state index contributed by atoms with van der Waals surface area (Å²) in [6.45, 7) is 0.825. The van der Waals surface area contributed by atoms with Gasteiger partial charge in [-0.3, -0.25) is 9.59 Å². The van der Waals surface area contributed by atoms with Crippen molar-refractivity contribution >= 4 is 27.5 Å². The van der Waals surface area contributed by atoms with Crippen LogP contribution in [0.1, 0.15) is 23.2 Å². The fourth-order valence-electron chi connectivity index (χ4n) is 3.20. The van der Waals surface area contributed by atoms with Crippen molar-refractivity contribution in [2.45, 2.75) is 17.7 Å². The lowest BCUT2D eigenvalue weighted by Crippen LogP contribution is -2.28. The predicted octanol–water partition coefficient (Wildman–Crippen LogP) is 2.20. The minimum Gasteiger partial charge on any atom is -0.495 e. The van der Waals surface area contributed by atoms with Crippen molar-refractivity contribution in [3.05, 3.63) is 48.0 Å². The fourth-order valence-corrected chi connectivity index (χ4v) is 4.90. The van der Waals surface area contributed by atoms with Crippen LogP contribution in [0.3, 0.4) is 0 Å². The zero-order valence-electron chi connectivity index (χ0n) is 18.3. The van der Waals surface area contributed by atoms with Crippen LogP contribution in [0.15, 0.2) is 47.4 Å². The largest absolute Gasteiger partial charge is 0.495 e. The molecule has 0 saturated carbocycles. The number of rotatable bonds is 8. The molecule has 2 aromatic rings. The molecule has 0 aromatic heterocycles. The van der Waals surface area contributed by atoms with Gasteiger partial charge in [0.2, 0.25) is 10.0 Å². The van der Waals surface area contributed by atoms with Crippen LogP contribution in [0.4, 0.5) is 5.69 Å². The molecule has 0 radical (unpaired) electrons. The first kappa shape index (κ1) is 23.6. The number of nitrogens with one attached hydrogen (secondary N) is 1. The number of carbonyl (C=O) groups excluding carboxylic acids is 2. The van der Waals surface area contributed by atoms with Crippen molar-refractivity contribution in [1.82, 2.24) is 9.21 Å². The third-order valence-electron chi connectivity index (χ3n) is 5.08. The molecule has 1 heterocycles. The first-order valence-electron chi connectivity index (χ1n) is 10.1. The zero-order chi connectivity index (χ0) is 23.3. The number of nitrogens with zero attached hydrogens (tertiary/aromatic N) is 2. The van der Waals surface area contributed by atoms with Gasteiger partial charge < -0.3 is 19.7 Å². The number of benzene rings is 2. The third kappa shape index (κ3) is 5.38. The summed E-state index contributed by atoms with van der Waals surface area (Å²) in [5.74, 6) is 0.0624. The van der Waals surface area contributed by atoms with Crippen molar-refractivity contribution in [3.8, 4) is 11.5 Å². The van der Waals surface area contributed by atoms with Crippen molar-refractivity contribution in [1.29, 1.82) is 0 Å². The molecule has 1 saturated heterocycles. The SMILES string of the molecule is COc1ccc(C(=O)Nc2ccc(OCC(=O)N(C)C)cc2)cc1S(=O)(=O)N1CCCC1. The Kier molecular flexibility index (Phi) is 7.37. The molecule has 172 valence electrons. The molecule has 0 atom stereocenters. The van der Waals surface area contributed by atoms with E-state index in [2.05, 4.69) is 5.32 Å². The van der Waals surface area contributed by atoms with Gasteiger partial charge in [0.25, 0.3) is 11.8 Å². The minimum absolute atomic E-state index is 0.0242. The maximum atomic E-state index is 13.0. The lowest BCUT2D eigenvalue weighted by atomic mass is 10.2. The Morgan fingerprint density at radius 2 is 1.72 bits per heavy atom. The molecule has 32 heavy (non-hydrogen) atoms. The number of carbonyl (C=O) groups is 2. The van der Waals surface area contributed by atoms with E-state index in [0.717, 1.165) is 12.8 Å². The Balaban J connectivity index is 1.73. The van der Waals surface area contributed by atoms with E-state index >= 15 is 0 Å². The molecule has 0 bridgehead atoms. The topological polar surface area (TPSA) is 105 Å². The zero-order valence-corrected chi connectivity index (χ0v) is 19.1. The lowest BCUT2D eigenvalue weighted by molar-refractivity contribution is -0.130. The summed E-state index contributed by atoms with van der Waals surface area (Å²) in [4.78, 5) is 25.8. The quantitative estimate of drug-likeness (QED) is 0.646. The normalized spacial score (nSPS) is 14.1. The van der Waals surface area contributed by atoms with Gasteiger partial charge in [-0.1, -0.05) is 0 Å². The Morgan fingerprint density at radius 1 is 1.06 bits per heavy atom. The second-order valence-corrected chi connectivity index (χ2v) is 9.44. The highest BCUT2D eigenvalue weighted by molar-refractivity contribution is 7.89. The van der Waals surface area contributed by atoms with E-state index in [4.69, 9.17) is 9.47 Å². The van der Waals surface area contributed by atoms with Crippen LogP contribution in [0, 0.1) is 0 Å². The summed E-state index contributed by atoms with van der Waals surface area (Å²) in [7, 11) is 0.930. The highest BCUT2D eigenvalue weighted by Gasteiger charge is 2.30. The van der Waals surface area contributed by atoms with Gasteiger partial charge in [-0.15, -0.1) is 0 Å². The fraction of sp³-hybridized carbons (Fsp3) is 0.364. The number of amides is 2. The molecule has 10 heteroatoms. The van der Waals surface area contributed by atoms with Crippen LogP contribution < -0.4 is 14.8 Å². The van der Waals surface area contributed by atoms with Gasteiger partial charge in [-0.25, -0.2) is 8.42 Å². The van der Waals surface area contributed by atoms with Gasteiger partial charge >= 0.3 is 0 Å². The Labute approximate surface area is 188 Å². The number of likely N-dealkylation sites (N-methyl/N-ethyl adjacent to an activating group) is 1. The summed E-state index contributed by atoms with van der Waals surface area (Å²) >= 11 is 0. The van der Waals surface area contributed by atoms with Crippen molar-refractivity contribution < 1.29 is 27.5 Å². The van der Waals surface area contributed by atoms with Gasteiger partial charge in [0, 0.05) is 38.4 Å². The average molecular weight is 462 g/mol. The van der Waals surface area contributed by atoms with Gasteiger partial charge in [0.15, 0.2) is 6.61 Å². The van der Waals surface area contributed by atoms with E-state index in [1.54, 1.807) is 38.4 Å². The molecule has 1 aliphatic rings. The van der Waals surface area contributed by atoms with Crippen LogP contribution in [0.5, 0.6) is 11.5 Å². The Hall–Kier alpha value is -3.11. The summed E-state index contributed by atoms with van der Waals surface area (Å²) in [5.41, 5.74) is 0.696. The lowest BCUT2D eigenvalue weighted by Gasteiger charge is -2.18. The number of hydrogen-bond donors (Lipinski definition) is 1. The molecule has 1 aliphatic heterocycles. The number of hydrogen-bond acceptors (Lipinski definition) is 6. The minimum atomic E-state index is -3.75. The smallest absolute Gasteiger partial charge is 0.259 e. The van der Waals surface area contributed by atoms with Gasteiger partial charge in [-0.2, -0.15) is 4.31 Å². The van der Waals surface area contributed by atoms with Gasteiger partial charge in [-0.05, 0) is 55.3 Å². The summed E-state index contributed by atoms with van der Waals surface area (Å²) < 4.78 is 38.1. The molecule has 9 nitrogen and oxygen atoms in total. The first-order valence-corrected chi connectivity index (χ1v) is 11.6. The monoisotopic (exact) mass is 461 g/mol. The molecular weight excluding hydrogens is 434 g/mol. The Morgan fingerprint density at radius 3 is 2.31 bits per heavy atom. The predicted molar refractivity (Wildman–Crippen MR) is 120 cm³/mol.